The molecule has 0 aliphatic carbocycles. The molecule has 5 heterocycles. The fourth-order valence-electron chi connectivity index (χ4n) is 9.99. The molecule has 0 radical (unpaired) electrons. The van der Waals surface area contributed by atoms with Gasteiger partial charge in [0.1, 0.15) is 10.8 Å². The van der Waals surface area contributed by atoms with Gasteiger partial charge >= 0.3 is 0 Å². The molecule has 11 rings (SSSR count). The topological polar surface area (TPSA) is 113 Å². The maximum atomic E-state index is 5.13. The van der Waals surface area contributed by atoms with Crippen LogP contribution in [0.4, 0.5) is 22.7 Å². The van der Waals surface area contributed by atoms with Crippen LogP contribution in [0.2, 0.25) is 0 Å². The van der Waals surface area contributed by atoms with Crippen molar-refractivity contribution in [2.45, 2.75) is 38.5 Å². The Morgan fingerprint density at radius 3 is 0.700 bits per heavy atom. The lowest BCUT2D eigenvalue weighted by atomic mass is 9.69. The maximum absolute atomic E-state index is 5.13. The van der Waals surface area contributed by atoms with Gasteiger partial charge in [0.25, 0.3) is 0 Å². The van der Waals surface area contributed by atoms with Crippen molar-refractivity contribution in [1.29, 1.82) is 0 Å². The molecule has 0 saturated heterocycles. The number of benzene rings is 6. The van der Waals surface area contributed by atoms with Crippen LogP contribution in [0.15, 0.2) is 214 Å². The van der Waals surface area contributed by atoms with E-state index in [-0.39, 0.29) is 0 Å². The lowest BCUT2D eigenvalue weighted by Crippen LogP contribution is -2.32. The molecule has 8 heteroatoms. The number of H-pyrrole nitrogens is 4. The number of nitrogens with zero attached hydrogens (tertiary/aromatic N) is 4. The molecular formula is C62H52N8. The van der Waals surface area contributed by atoms with Gasteiger partial charge in [-0.25, -0.2) is 0 Å². The molecular weight excluding hydrogens is 857 g/mol. The fraction of sp³-hybridized carbons (Fsp3) is 0.0968. The monoisotopic (exact) mass is 908 g/mol. The van der Waals surface area contributed by atoms with Crippen LogP contribution in [0, 0.1) is 27.7 Å². The summed E-state index contributed by atoms with van der Waals surface area (Å²) in [6.45, 7) is 8.46. The molecule has 8 bridgehead atoms. The number of nitrogens with one attached hydrogen (secondary N) is 4. The van der Waals surface area contributed by atoms with Crippen LogP contribution < -0.4 is 0 Å². The van der Waals surface area contributed by atoms with E-state index in [4.69, 9.17) is 20.0 Å². The van der Waals surface area contributed by atoms with Gasteiger partial charge in [0.15, 0.2) is 0 Å². The van der Waals surface area contributed by atoms with Crippen molar-refractivity contribution < 1.29 is 0 Å². The zero-order chi connectivity index (χ0) is 47.7. The molecule has 0 amide bonds. The molecule has 0 unspecified atom stereocenters. The quantitative estimate of drug-likeness (QED) is 0.135. The second-order valence-corrected chi connectivity index (χ2v) is 18.2. The molecule has 8 nitrogen and oxygen atoms in total. The van der Waals surface area contributed by atoms with Crippen molar-refractivity contribution in [3.63, 3.8) is 0 Å². The summed E-state index contributed by atoms with van der Waals surface area (Å²) in [5.41, 5.74) is 17.9. The predicted molar refractivity (Wildman–Crippen MR) is 288 cm³/mol. The van der Waals surface area contributed by atoms with Gasteiger partial charge in [-0.3, -0.25) is 20.0 Å². The van der Waals surface area contributed by atoms with Gasteiger partial charge in [-0.15, -0.1) is 0 Å². The Hall–Kier alpha value is -8.88. The Morgan fingerprint density at radius 2 is 0.486 bits per heavy atom. The molecule has 0 atom stereocenters. The zero-order valence-corrected chi connectivity index (χ0v) is 39.6. The van der Waals surface area contributed by atoms with Crippen molar-refractivity contribution in [2.24, 2.45) is 20.0 Å². The van der Waals surface area contributed by atoms with Crippen LogP contribution in [-0.4, -0.2) is 44.8 Å². The average molecular weight is 909 g/mol. The van der Waals surface area contributed by atoms with Gasteiger partial charge in [-0.2, -0.15) is 0 Å². The normalized spacial score (nSPS) is 14.0. The Labute approximate surface area is 408 Å². The summed E-state index contributed by atoms with van der Waals surface area (Å²) in [7, 11) is 0. The largest absolute Gasteiger partial charge is 0.356 e. The first-order valence-corrected chi connectivity index (χ1v) is 23.7. The average Bonchev–Trinajstić information content (AvgIpc) is 4.25. The van der Waals surface area contributed by atoms with Gasteiger partial charge < -0.3 is 19.9 Å². The molecule has 0 fully saturated rings. The number of aromatic amines is 4. The third kappa shape index (κ3) is 7.89. The summed E-state index contributed by atoms with van der Waals surface area (Å²) in [4.78, 5) is 35.8. The molecule has 1 aliphatic heterocycles. The minimum absolute atomic E-state index is 0.750. The van der Waals surface area contributed by atoms with Gasteiger partial charge in [0, 0.05) is 22.8 Å². The number of aryl methyl sites for hydroxylation is 4. The van der Waals surface area contributed by atoms with Crippen LogP contribution in [0.3, 0.4) is 0 Å². The molecule has 1 aliphatic rings. The van der Waals surface area contributed by atoms with Crippen molar-refractivity contribution >= 4 is 47.6 Å². The highest BCUT2D eigenvalue weighted by atomic mass is 14.9. The summed E-state index contributed by atoms with van der Waals surface area (Å²) in [6.07, 6.45) is 7.61. The number of aliphatic imine (C=N–C) groups is 4. The molecule has 0 saturated carbocycles. The third-order valence-electron chi connectivity index (χ3n) is 13.8. The molecule has 340 valence electrons. The van der Waals surface area contributed by atoms with Crippen LogP contribution in [-0.2, 0) is 10.8 Å². The van der Waals surface area contributed by atoms with E-state index in [1.807, 2.05) is 24.9 Å². The molecule has 6 aromatic carbocycles. The Kier molecular flexibility index (Phi) is 11.4. The van der Waals surface area contributed by atoms with Gasteiger partial charge in [-0.05, 0) is 145 Å². The minimum Gasteiger partial charge on any atom is -0.356 e. The SMILES string of the molecule is Cc1cc2c(cc1C)N=Cc1ccc([nH]1)C(c1ccccc1)(c1ccccc1)c1ccc([nH]1)C=Nc1cc(C)c(C)cc1N=Cc1ccc([nH]1)C(c1ccccc1)(c1ccccc1)c1ccc([nH]1)C=N2. The van der Waals surface area contributed by atoms with Crippen LogP contribution >= 0.6 is 0 Å². The number of fused-ring (bicyclic) bond motifs is 10. The fourth-order valence-corrected chi connectivity index (χ4v) is 9.99. The standard InChI is InChI=1S/C62H52N8/c1-41-33-53-54(34-42(41)2)64-38-50-26-30-58(68-50)62(47-21-13-7-14-22-47,48-23-15-8-16-24-48)60-32-28-52(70-60)40-66-56-36-44(4)43(3)35-55(56)65-39-51-27-31-59(69-51)61(45-17-9-5-10-18-45,46-19-11-6-12-20-46)57-29-25-49(67-57)37-63-53/h5-40,67-70H,1-4H3. The highest BCUT2D eigenvalue weighted by Crippen LogP contribution is 2.46. The Bertz CT molecular complexity index is 3110. The number of hydrogen-bond donors (Lipinski definition) is 4. The van der Waals surface area contributed by atoms with E-state index >= 15 is 0 Å². The number of aromatic nitrogens is 4. The highest BCUT2D eigenvalue weighted by Gasteiger charge is 2.42. The first-order valence-electron chi connectivity index (χ1n) is 23.7. The first-order chi connectivity index (χ1) is 34.3. The third-order valence-corrected chi connectivity index (χ3v) is 13.8. The van der Waals surface area contributed by atoms with Crippen molar-refractivity contribution in [3.05, 3.63) is 284 Å². The zero-order valence-electron chi connectivity index (χ0n) is 39.6. The highest BCUT2D eigenvalue weighted by molar-refractivity contribution is 5.88. The second kappa shape index (κ2) is 18.3. The number of hydrogen-bond acceptors (Lipinski definition) is 4. The van der Waals surface area contributed by atoms with Crippen LogP contribution in [0.25, 0.3) is 0 Å². The van der Waals surface area contributed by atoms with Gasteiger partial charge in [-0.1, -0.05) is 121 Å². The van der Waals surface area contributed by atoms with Gasteiger partial charge in [0.2, 0.25) is 0 Å². The molecule has 4 N–H and O–H groups in total. The first kappa shape index (κ1) is 43.7. The van der Waals surface area contributed by atoms with E-state index < -0.39 is 10.8 Å². The van der Waals surface area contributed by atoms with Crippen molar-refractivity contribution in [2.75, 3.05) is 0 Å². The Morgan fingerprint density at radius 1 is 0.271 bits per heavy atom. The molecule has 4 aromatic heterocycles. The Balaban J connectivity index is 1.12. The predicted octanol–water partition coefficient (Wildman–Crippen LogP) is 14.3. The van der Waals surface area contributed by atoms with Crippen molar-refractivity contribution in [3.8, 4) is 0 Å². The number of rotatable bonds is 4. The van der Waals surface area contributed by atoms with Gasteiger partial charge in [0.05, 0.1) is 70.4 Å². The van der Waals surface area contributed by atoms with E-state index in [1.54, 1.807) is 0 Å². The lowest BCUT2D eigenvalue weighted by Gasteiger charge is -2.34. The summed E-state index contributed by atoms with van der Waals surface area (Å²) in [5, 5.41) is 0. The molecule has 0 spiro atoms. The molecule has 70 heavy (non-hydrogen) atoms. The van der Waals surface area contributed by atoms with Crippen molar-refractivity contribution in [1.82, 2.24) is 19.9 Å². The van der Waals surface area contributed by atoms with Crippen LogP contribution in [0.1, 0.15) is 90.1 Å². The molecule has 10 aromatic rings. The van der Waals surface area contributed by atoms with E-state index in [9.17, 15) is 0 Å². The summed E-state index contributed by atoms with van der Waals surface area (Å²) < 4.78 is 0. The summed E-state index contributed by atoms with van der Waals surface area (Å²) >= 11 is 0. The van der Waals surface area contributed by atoms with E-state index in [1.165, 1.54) is 0 Å². The summed E-state index contributed by atoms with van der Waals surface area (Å²) in [6, 6.07) is 68.1. The smallest absolute Gasteiger partial charge is 0.100 e. The summed E-state index contributed by atoms with van der Waals surface area (Å²) in [5.74, 6) is 0. The minimum atomic E-state index is -0.750. The second-order valence-electron chi connectivity index (χ2n) is 18.2. The van der Waals surface area contributed by atoms with E-state index in [0.29, 0.717) is 0 Å². The van der Waals surface area contributed by atoms with Crippen LogP contribution in [0.5, 0.6) is 0 Å². The van der Waals surface area contributed by atoms with E-state index in [0.717, 1.165) is 113 Å². The lowest BCUT2D eigenvalue weighted by molar-refractivity contribution is 0.698. The maximum Gasteiger partial charge on any atom is 0.100 e. The van der Waals surface area contributed by atoms with E-state index in [2.05, 4.69) is 242 Å².